The molecule has 0 atom stereocenters. The lowest BCUT2D eigenvalue weighted by molar-refractivity contribution is -0.107. The Hall–Kier alpha value is -0.850. The highest BCUT2D eigenvalue weighted by molar-refractivity contribution is 5.54. The molecule has 0 spiro atoms. The summed E-state index contributed by atoms with van der Waals surface area (Å²) in [5, 5.41) is 0. The van der Waals surface area contributed by atoms with Gasteiger partial charge < -0.3 is 4.79 Å². The zero-order valence-electron chi connectivity index (χ0n) is 7.68. The van der Waals surface area contributed by atoms with E-state index in [4.69, 9.17) is 0 Å². The van der Waals surface area contributed by atoms with E-state index in [1.807, 2.05) is 6.92 Å². The minimum Gasteiger partial charge on any atom is -0.303 e. The number of aldehydes is 1. The first-order valence-corrected chi connectivity index (χ1v) is 4.63. The van der Waals surface area contributed by atoms with Gasteiger partial charge in [0.05, 0.1) is 0 Å². The molecule has 0 aromatic carbocycles. The maximum absolute atomic E-state index is 10.2. The number of carbonyl (C=O) groups excluding carboxylic acids is 1. The quantitative estimate of drug-likeness (QED) is 0.586. The van der Waals surface area contributed by atoms with Crippen LogP contribution in [0.5, 0.6) is 0 Å². The highest BCUT2D eigenvalue weighted by Gasteiger charge is 2.00. The Kier molecular flexibility index (Phi) is 3.78. The lowest BCUT2D eigenvalue weighted by Gasteiger charge is -2.09. The van der Waals surface area contributed by atoms with Crippen LogP contribution in [0.25, 0.3) is 0 Å². The summed E-state index contributed by atoms with van der Waals surface area (Å²) in [5.41, 5.74) is 2.60. The van der Waals surface area contributed by atoms with E-state index in [9.17, 15) is 4.79 Å². The number of hydrogen-bond donors (Lipinski definition) is 0. The summed E-state index contributed by atoms with van der Waals surface area (Å²) in [7, 11) is 0. The summed E-state index contributed by atoms with van der Waals surface area (Å²) in [6.07, 6.45) is 11.0. The van der Waals surface area contributed by atoms with Crippen LogP contribution in [0, 0.1) is 0 Å². The van der Waals surface area contributed by atoms with Gasteiger partial charge in [0.2, 0.25) is 0 Å². The number of allylic oxidation sites excluding steroid dienone is 4. The number of rotatable bonds is 3. The highest BCUT2D eigenvalue weighted by atomic mass is 16.1. The Morgan fingerprint density at radius 3 is 3.00 bits per heavy atom. The largest absolute Gasteiger partial charge is 0.303 e. The molecule has 1 aliphatic rings. The number of carbonyl (C=O) groups is 1. The molecule has 0 N–H and O–H groups in total. The molecule has 0 aromatic rings. The molecule has 0 saturated heterocycles. The molecule has 0 radical (unpaired) electrons. The van der Waals surface area contributed by atoms with Crippen molar-refractivity contribution < 1.29 is 4.79 Å². The fourth-order valence-electron chi connectivity index (χ4n) is 1.50. The van der Waals surface area contributed by atoms with Gasteiger partial charge in [-0.05, 0) is 32.6 Å². The molecular weight excluding hydrogens is 148 g/mol. The van der Waals surface area contributed by atoms with Crippen LogP contribution < -0.4 is 0 Å². The Bertz CT molecular complexity index is 211. The molecule has 1 heteroatoms. The molecule has 0 amide bonds. The zero-order chi connectivity index (χ0) is 8.81. The van der Waals surface area contributed by atoms with Gasteiger partial charge in [-0.25, -0.2) is 0 Å². The summed E-state index contributed by atoms with van der Waals surface area (Å²) in [4.78, 5) is 10.2. The highest BCUT2D eigenvalue weighted by Crippen LogP contribution is 2.19. The van der Waals surface area contributed by atoms with Gasteiger partial charge in [0.15, 0.2) is 0 Å². The van der Waals surface area contributed by atoms with Gasteiger partial charge in [-0.1, -0.05) is 23.3 Å². The third kappa shape index (κ3) is 3.04. The minimum absolute atomic E-state index is 0.581. The molecule has 0 aromatic heterocycles. The average Bonchev–Trinajstić information content (AvgIpc) is 2.06. The van der Waals surface area contributed by atoms with Gasteiger partial charge >= 0.3 is 0 Å². The molecule has 1 rings (SSSR count). The van der Waals surface area contributed by atoms with E-state index < -0.39 is 0 Å². The SMILES string of the molecule is CC(=CC1=CCCCC1)CC=O. The van der Waals surface area contributed by atoms with Crippen LogP contribution in [-0.2, 0) is 4.79 Å². The molecule has 0 fully saturated rings. The van der Waals surface area contributed by atoms with Gasteiger partial charge in [-0.3, -0.25) is 0 Å². The van der Waals surface area contributed by atoms with Crippen LogP contribution in [0.3, 0.4) is 0 Å². The van der Waals surface area contributed by atoms with E-state index in [2.05, 4.69) is 12.2 Å². The predicted octanol–water partition coefficient (Wildman–Crippen LogP) is 3.02. The van der Waals surface area contributed by atoms with Crippen molar-refractivity contribution in [3.63, 3.8) is 0 Å². The van der Waals surface area contributed by atoms with Gasteiger partial charge in [0, 0.05) is 6.42 Å². The van der Waals surface area contributed by atoms with E-state index in [0.717, 1.165) is 6.29 Å². The fraction of sp³-hybridized carbons (Fsp3) is 0.545. The predicted molar refractivity (Wildman–Crippen MR) is 51.0 cm³/mol. The Morgan fingerprint density at radius 1 is 1.58 bits per heavy atom. The van der Waals surface area contributed by atoms with Gasteiger partial charge in [-0.15, -0.1) is 0 Å². The lowest BCUT2D eigenvalue weighted by atomic mass is 9.97. The lowest BCUT2D eigenvalue weighted by Crippen LogP contribution is -1.90. The third-order valence-electron chi connectivity index (χ3n) is 2.16. The van der Waals surface area contributed by atoms with Crippen molar-refractivity contribution in [1.29, 1.82) is 0 Å². The normalized spacial score (nSPS) is 18.8. The Morgan fingerprint density at radius 2 is 2.42 bits per heavy atom. The minimum atomic E-state index is 0.581. The molecular formula is C11H16O. The van der Waals surface area contributed by atoms with E-state index in [1.165, 1.54) is 36.8 Å². The van der Waals surface area contributed by atoms with E-state index >= 15 is 0 Å². The van der Waals surface area contributed by atoms with Gasteiger partial charge in [0.25, 0.3) is 0 Å². The van der Waals surface area contributed by atoms with Crippen molar-refractivity contribution >= 4 is 6.29 Å². The summed E-state index contributed by atoms with van der Waals surface area (Å²) in [5.74, 6) is 0. The first kappa shape index (κ1) is 9.24. The van der Waals surface area contributed by atoms with Crippen molar-refractivity contribution in [2.24, 2.45) is 0 Å². The van der Waals surface area contributed by atoms with Crippen molar-refractivity contribution in [3.8, 4) is 0 Å². The summed E-state index contributed by atoms with van der Waals surface area (Å²) >= 11 is 0. The van der Waals surface area contributed by atoms with Gasteiger partial charge in [0.1, 0.15) is 6.29 Å². The second kappa shape index (κ2) is 4.91. The molecule has 66 valence electrons. The van der Waals surface area contributed by atoms with Crippen LogP contribution in [0.4, 0.5) is 0 Å². The smallest absolute Gasteiger partial charge is 0.124 e. The first-order valence-electron chi connectivity index (χ1n) is 4.63. The summed E-state index contributed by atoms with van der Waals surface area (Å²) in [6.45, 7) is 2.02. The first-order chi connectivity index (χ1) is 5.83. The standard InChI is InChI=1S/C11H16O/c1-10(7-8-12)9-11-5-3-2-4-6-11/h5,8-9H,2-4,6-7H2,1H3. The molecule has 0 bridgehead atoms. The van der Waals surface area contributed by atoms with Crippen LogP contribution in [0.1, 0.15) is 39.0 Å². The topological polar surface area (TPSA) is 17.1 Å². The van der Waals surface area contributed by atoms with Crippen molar-refractivity contribution in [3.05, 3.63) is 23.3 Å². The van der Waals surface area contributed by atoms with E-state index in [0.29, 0.717) is 6.42 Å². The molecule has 12 heavy (non-hydrogen) atoms. The van der Waals surface area contributed by atoms with E-state index in [-0.39, 0.29) is 0 Å². The van der Waals surface area contributed by atoms with Crippen LogP contribution in [0.2, 0.25) is 0 Å². The maximum atomic E-state index is 10.2. The molecule has 0 heterocycles. The monoisotopic (exact) mass is 164 g/mol. The molecule has 0 unspecified atom stereocenters. The van der Waals surface area contributed by atoms with Crippen molar-refractivity contribution in [1.82, 2.24) is 0 Å². The van der Waals surface area contributed by atoms with E-state index in [1.54, 1.807) is 0 Å². The van der Waals surface area contributed by atoms with Crippen molar-refractivity contribution in [2.75, 3.05) is 0 Å². The van der Waals surface area contributed by atoms with Gasteiger partial charge in [-0.2, -0.15) is 0 Å². The van der Waals surface area contributed by atoms with Crippen LogP contribution >= 0.6 is 0 Å². The Labute approximate surface area is 74.2 Å². The zero-order valence-corrected chi connectivity index (χ0v) is 7.68. The molecule has 1 nitrogen and oxygen atoms in total. The number of hydrogen-bond acceptors (Lipinski definition) is 1. The third-order valence-corrected chi connectivity index (χ3v) is 2.16. The summed E-state index contributed by atoms with van der Waals surface area (Å²) in [6, 6.07) is 0. The van der Waals surface area contributed by atoms with Crippen LogP contribution in [-0.4, -0.2) is 6.29 Å². The fourth-order valence-corrected chi connectivity index (χ4v) is 1.50. The Balaban J connectivity index is 2.52. The molecule has 0 aliphatic heterocycles. The average molecular weight is 164 g/mol. The van der Waals surface area contributed by atoms with Crippen molar-refractivity contribution in [2.45, 2.75) is 39.0 Å². The maximum Gasteiger partial charge on any atom is 0.124 e. The second-order valence-electron chi connectivity index (χ2n) is 3.39. The molecule has 0 saturated carbocycles. The summed E-state index contributed by atoms with van der Waals surface area (Å²) < 4.78 is 0. The second-order valence-corrected chi connectivity index (χ2v) is 3.39. The van der Waals surface area contributed by atoms with Crippen LogP contribution in [0.15, 0.2) is 23.3 Å². The molecule has 1 aliphatic carbocycles.